The molecule has 1 aromatic heterocycles. The van der Waals surface area contributed by atoms with E-state index >= 15 is 0 Å². The van der Waals surface area contributed by atoms with Gasteiger partial charge in [0.05, 0.1) is 17.7 Å². The number of hydrogen-bond acceptors (Lipinski definition) is 3. The van der Waals surface area contributed by atoms with E-state index in [-0.39, 0.29) is 12.1 Å². The standard InChI is InChI=1S/C14H15N5O/c1-2-12(13-16-6-7-17-13)19-14(20)18-11-5-3-4-10(8-11)9-15/h3-8,12H,2H2,1H3,(H,16,17)(H2,18,19,20). The van der Waals surface area contributed by atoms with E-state index in [4.69, 9.17) is 5.26 Å². The number of aromatic nitrogens is 2. The zero-order valence-corrected chi connectivity index (χ0v) is 11.1. The average molecular weight is 269 g/mol. The summed E-state index contributed by atoms with van der Waals surface area (Å²) in [6, 6.07) is 8.27. The van der Waals surface area contributed by atoms with Gasteiger partial charge in [0.2, 0.25) is 0 Å². The van der Waals surface area contributed by atoms with Gasteiger partial charge < -0.3 is 15.6 Å². The third-order valence-corrected chi connectivity index (χ3v) is 2.81. The summed E-state index contributed by atoms with van der Waals surface area (Å²) >= 11 is 0. The van der Waals surface area contributed by atoms with Crippen molar-refractivity contribution in [3.8, 4) is 6.07 Å². The molecule has 2 aromatic rings. The Morgan fingerprint density at radius 1 is 1.55 bits per heavy atom. The second-order valence-corrected chi connectivity index (χ2v) is 4.23. The van der Waals surface area contributed by atoms with E-state index in [1.807, 2.05) is 13.0 Å². The summed E-state index contributed by atoms with van der Waals surface area (Å²) < 4.78 is 0. The van der Waals surface area contributed by atoms with Crippen LogP contribution in [-0.4, -0.2) is 16.0 Å². The summed E-state index contributed by atoms with van der Waals surface area (Å²) in [5.41, 5.74) is 1.08. The minimum atomic E-state index is -0.330. The number of anilines is 1. The summed E-state index contributed by atoms with van der Waals surface area (Å²) in [5, 5.41) is 14.3. The predicted molar refractivity (Wildman–Crippen MR) is 74.9 cm³/mol. The SMILES string of the molecule is CCC(NC(=O)Nc1cccc(C#N)c1)c1ncc[nH]1. The molecule has 2 amide bonds. The molecule has 0 fully saturated rings. The fourth-order valence-corrected chi connectivity index (χ4v) is 1.82. The van der Waals surface area contributed by atoms with E-state index in [1.165, 1.54) is 0 Å². The van der Waals surface area contributed by atoms with Crippen molar-refractivity contribution in [3.63, 3.8) is 0 Å². The van der Waals surface area contributed by atoms with Crippen molar-refractivity contribution in [2.45, 2.75) is 19.4 Å². The number of imidazole rings is 1. The fraction of sp³-hybridized carbons (Fsp3) is 0.214. The largest absolute Gasteiger partial charge is 0.347 e. The number of nitrogens with one attached hydrogen (secondary N) is 3. The first-order valence-corrected chi connectivity index (χ1v) is 6.30. The van der Waals surface area contributed by atoms with Gasteiger partial charge in [0.25, 0.3) is 0 Å². The molecule has 102 valence electrons. The molecule has 1 atom stereocenters. The number of aromatic amines is 1. The van der Waals surface area contributed by atoms with E-state index in [0.717, 1.165) is 6.42 Å². The van der Waals surface area contributed by atoms with Crippen molar-refractivity contribution < 1.29 is 4.79 Å². The van der Waals surface area contributed by atoms with Gasteiger partial charge in [-0.25, -0.2) is 9.78 Å². The normalized spacial score (nSPS) is 11.4. The topological polar surface area (TPSA) is 93.6 Å². The lowest BCUT2D eigenvalue weighted by molar-refractivity contribution is 0.247. The lowest BCUT2D eigenvalue weighted by Gasteiger charge is -2.15. The molecule has 0 aliphatic carbocycles. The van der Waals surface area contributed by atoms with Gasteiger partial charge in [-0.15, -0.1) is 0 Å². The lowest BCUT2D eigenvalue weighted by atomic mass is 10.2. The molecule has 6 heteroatoms. The molecular weight excluding hydrogens is 254 g/mol. The van der Waals surface area contributed by atoms with Crippen LogP contribution in [0.1, 0.15) is 30.8 Å². The van der Waals surface area contributed by atoms with Crippen LogP contribution in [0.2, 0.25) is 0 Å². The van der Waals surface area contributed by atoms with Crippen molar-refractivity contribution in [2.24, 2.45) is 0 Å². The van der Waals surface area contributed by atoms with Crippen LogP contribution in [0.4, 0.5) is 10.5 Å². The molecule has 0 aliphatic rings. The highest BCUT2D eigenvalue weighted by Gasteiger charge is 2.14. The van der Waals surface area contributed by atoms with Crippen molar-refractivity contribution in [2.75, 3.05) is 5.32 Å². The zero-order valence-electron chi connectivity index (χ0n) is 11.1. The number of hydrogen-bond donors (Lipinski definition) is 3. The first-order chi connectivity index (χ1) is 9.72. The Balaban J connectivity index is 1.99. The van der Waals surface area contributed by atoms with Crippen LogP contribution in [0.25, 0.3) is 0 Å². The smallest absolute Gasteiger partial charge is 0.319 e. The first kappa shape index (κ1) is 13.6. The second kappa shape index (κ2) is 6.38. The monoisotopic (exact) mass is 269 g/mol. The van der Waals surface area contributed by atoms with E-state index in [2.05, 4.69) is 20.6 Å². The van der Waals surface area contributed by atoms with E-state index < -0.39 is 0 Å². The number of benzene rings is 1. The van der Waals surface area contributed by atoms with Gasteiger partial charge in [-0.3, -0.25) is 0 Å². The highest BCUT2D eigenvalue weighted by Crippen LogP contribution is 2.13. The third-order valence-electron chi connectivity index (χ3n) is 2.81. The molecule has 1 unspecified atom stereocenters. The Morgan fingerprint density at radius 3 is 3.05 bits per heavy atom. The van der Waals surface area contributed by atoms with Gasteiger partial charge in [-0.05, 0) is 24.6 Å². The number of nitriles is 1. The molecule has 0 bridgehead atoms. The molecule has 0 radical (unpaired) electrons. The Bertz CT molecular complexity index is 615. The van der Waals surface area contributed by atoms with Gasteiger partial charge in [-0.1, -0.05) is 13.0 Å². The van der Waals surface area contributed by atoms with Crippen LogP contribution >= 0.6 is 0 Å². The molecular formula is C14H15N5O. The number of carbonyl (C=O) groups is 1. The number of amides is 2. The maximum atomic E-state index is 11.9. The van der Waals surface area contributed by atoms with Gasteiger partial charge in [-0.2, -0.15) is 5.26 Å². The number of urea groups is 1. The Kier molecular flexibility index (Phi) is 4.35. The highest BCUT2D eigenvalue weighted by atomic mass is 16.2. The van der Waals surface area contributed by atoms with Crippen LogP contribution < -0.4 is 10.6 Å². The summed E-state index contributed by atoms with van der Waals surface area (Å²) in [6.07, 6.45) is 4.08. The maximum Gasteiger partial charge on any atom is 0.319 e. The van der Waals surface area contributed by atoms with Crippen molar-refractivity contribution in [3.05, 3.63) is 48.0 Å². The molecule has 0 aliphatic heterocycles. The summed E-state index contributed by atoms with van der Waals surface area (Å²) in [5.74, 6) is 0.716. The summed E-state index contributed by atoms with van der Waals surface area (Å²) in [4.78, 5) is 19.0. The first-order valence-electron chi connectivity index (χ1n) is 6.30. The van der Waals surface area contributed by atoms with Crippen molar-refractivity contribution in [1.29, 1.82) is 5.26 Å². The van der Waals surface area contributed by atoms with Gasteiger partial charge in [0.1, 0.15) is 5.82 Å². The molecule has 0 saturated heterocycles. The molecule has 20 heavy (non-hydrogen) atoms. The van der Waals surface area contributed by atoms with Gasteiger partial charge in [0.15, 0.2) is 0 Å². The minimum absolute atomic E-state index is 0.177. The highest BCUT2D eigenvalue weighted by molar-refractivity contribution is 5.89. The van der Waals surface area contributed by atoms with Crippen LogP contribution in [0, 0.1) is 11.3 Å². The zero-order chi connectivity index (χ0) is 14.4. The predicted octanol–water partition coefficient (Wildman–Crippen LogP) is 2.55. The van der Waals surface area contributed by atoms with Crippen LogP contribution in [0.15, 0.2) is 36.7 Å². The molecule has 1 aromatic carbocycles. The third kappa shape index (κ3) is 3.36. The van der Waals surface area contributed by atoms with Crippen molar-refractivity contribution in [1.82, 2.24) is 15.3 Å². The maximum absolute atomic E-state index is 11.9. The Labute approximate surface area is 116 Å². The van der Waals surface area contributed by atoms with E-state index in [1.54, 1.807) is 36.7 Å². The number of carbonyl (C=O) groups excluding carboxylic acids is 1. The van der Waals surface area contributed by atoms with Crippen LogP contribution in [0.3, 0.4) is 0 Å². The minimum Gasteiger partial charge on any atom is -0.347 e. The quantitative estimate of drug-likeness (QED) is 0.796. The molecule has 0 spiro atoms. The Morgan fingerprint density at radius 2 is 2.40 bits per heavy atom. The Hall–Kier alpha value is -2.81. The van der Waals surface area contributed by atoms with E-state index in [9.17, 15) is 4.79 Å². The number of H-pyrrole nitrogens is 1. The fourth-order valence-electron chi connectivity index (χ4n) is 1.82. The molecule has 0 saturated carbocycles. The van der Waals surface area contributed by atoms with Gasteiger partial charge in [0, 0.05) is 18.1 Å². The number of nitrogens with zero attached hydrogens (tertiary/aromatic N) is 2. The second-order valence-electron chi connectivity index (χ2n) is 4.23. The summed E-state index contributed by atoms with van der Waals surface area (Å²) in [6.45, 7) is 1.96. The molecule has 2 rings (SSSR count). The van der Waals surface area contributed by atoms with Gasteiger partial charge >= 0.3 is 6.03 Å². The molecule has 1 heterocycles. The average Bonchev–Trinajstić information content (AvgIpc) is 2.99. The van der Waals surface area contributed by atoms with Crippen LogP contribution in [-0.2, 0) is 0 Å². The summed E-state index contributed by atoms with van der Waals surface area (Å²) in [7, 11) is 0. The molecule has 6 nitrogen and oxygen atoms in total. The van der Waals surface area contributed by atoms with Crippen molar-refractivity contribution >= 4 is 11.7 Å². The lowest BCUT2D eigenvalue weighted by Crippen LogP contribution is -2.32. The van der Waals surface area contributed by atoms with E-state index in [0.29, 0.717) is 17.1 Å². The molecule has 3 N–H and O–H groups in total. The van der Waals surface area contributed by atoms with Crippen LogP contribution in [0.5, 0.6) is 0 Å². The number of rotatable bonds is 4.